The van der Waals surface area contributed by atoms with Crippen molar-refractivity contribution >= 4 is 56.6 Å². The van der Waals surface area contributed by atoms with E-state index in [-0.39, 0.29) is 56.7 Å². The van der Waals surface area contributed by atoms with Crippen molar-refractivity contribution < 1.29 is 40.9 Å². The van der Waals surface area contributed by atoms with E-state index < -0.39 is 34.7 Å². The van der Waals surface area contributed by atoms with Crippen LogP contribution >= 0.6 is 35.0 Å². The van der Waals surface area contributed by atoms with Crippen molar-refractivity contribution in [3.8, 4) is 11.5 Å². The first-order valence-corrected chi connectivity index (χ1v) is 16.7. The summed E-state index contributed by atoms with van der Waals surface area (Å²) in [5.74, 6) is -0.612. The second-order valence-electron chi connectivity index (χ2n) is 10.2. The zero-order valence-electron chi connectivity index (χ0n) is 22.9. The van der Waals surface area contributed by atoms with E-state index in [1.54, 1.807) is 0 Å². The number of benzene rings is 2. The number of nitrogen functional groups attached to an aromatic ring is 1. The van der Waals surface area contributed by atoms with Gasteiger partial charge >= 0.3 is 12.6 Å². The number of pyridine rings is 1. The van der Waals surface area contributed by atoms with Crippen molar-refractivity contribution in [3.63, 3.8) is 0 Å². The highest BCUT2D eigenvalue weighted by atomic mass is 35.5. The van der Waals surface area contributed by atoms with E-state index in [1.807, 2.05) is 0 Å². The lowest BCUT2D eigenvalue weighted by Crippen LogP contribution is -2.43. The lowest BCUT2D eigenvalue weighted by molar-refractivity contribution is -0.605. The number of aromatic nitrogens is 1. The molecule has 2 aliphatic rings. The molecule has 2 unspecified atom stereocenters. The zero-order valence-corrected chi connectivity index (χ0v) is 26.1. The maximum Gasteiger partial charge on any atom is 0.387 e. The number of hydrogen-bond acceptors (Lipinski definition) is 9. The Kier molecular flexibility index (Phi) is 9.95. The lowest BCUT2D eigenvalue weighted by Gasteiger charge is -2.26. The first-order valence-electron chi connectivity index (χ1n) is 13.4. The molecule has 0 amide bonds. The molecule has 10 nitrogen and oxygen atoms in total. The number of carbonyl (C=O) groups is 1. The molecule has 16 heteroatoms. The van der Waals surface area contributed by atoms with Gasteiger partial charge in [-0.2, -0.15) is 17.8 Å². The highest BCUT2D eigenvalue weighted by molar-refractivity contribution is 8.00. The normalized spacial score (nSPS) is 17.9. The van der Waals surface area contributed by atoms with Gasteiger partial charge in [-0.1, -0.05) is 29.3 Å². The van der Waals surface area contributed by atoms with Crippen LogP contribution in [-0.2, 0) is 26.0 Å². The number of hydrogen-bond donors (Lipinski definition) is 1. The minimum atomic E-state index is -4.09. The standard InChI is InChI=1S/C28H27Cl2F2N3O7S2/c29-21-11-34(37)12-22(30)20(21)10-25(17-3-8-24(42-28(31)32)26(9-17)40-13-16-1-2-16)41-27(36)23-14-43-15-35(23)44(38,39)19-6-4-18(33)5-7-19/h3-9,11-12,16,23,25,28H,1-2,10,13-15,33H2. The summed E-state index contributed by atoms with van der Waals surface area (Å²) in [6, 6.07) is 8.54. The smallest absolute Gasteiger partial charge is 0.387 e. The second-order valence-corrected chi connectivity index (χ2v) is 13.9. The van der Waals surface area contributed by atoms with Gasteiger partial charge in [0, 0.05) is 23.4 Å². The Labute approximate surface area is 266 Å². The topological polar surface area (TPSA) is 135 Å². The Bertz CT molecular complexity index is 1610. The van der Waals surface area contributed by atoms with Crippen LogP contribution in [0.15, 0.2) is 59.8 Å². The van der Waals surface area contributed by atoms with E-state index in [0.29, 0.717) is 21.9 Å². The SMILES string of the molecule is Nc1ccc(S(=O)(=O)N2CSCC2C(=O)OC(Cc2c(Cl)c[n+]([O-])cc2Cl)c2ccc(OC(F)F)c(OCC3CC3)c2)cc1. The molecule has 236 valence electrons. The highest BCUT2D eigenvalue weighted by Crippen LogP contribution is 2.39. The molecule has 2 aromatic carbocycles. The van der Waals surface area contributed by atoms with E-state index in [9.17, 15) is 27.2 Å². The van der Waals surface area contributed by atoms with Crippen LogP contribution in [0.5, 0.6) is 11.5 Å². The van der Waals surface area contributed by atoms with Crippen molar-refractivity contribution in [3.05, 3.63) is 81.2 Å². The van der Waals surface area contributed by atoms with Crippen molar-refractivity contribution in [2.75, 3.05) is 24.0 Å². The van der Waals surface area contributed by atoms with Crippen LogP contribution < -0.4 is 19.9 Å². The van der Waals surface area contributed by atoms with Gasteiger partial charge in [-0.05, 0) is 60.7 Å². The van der Waals surface area contributed by atoms with Crippen LogP contribution in [0.25, 0.3) is 0 Å². The molecule has 0 bridgehead atoms. The molecule has 1 aliphatic carbocycles. The average molecular weight is 691 g/mol. The molecule has 1 aromatic heterocycles. The number of anilines is 1. The van der Waals surface area contributed by atoms with Crippen LogP contribution in [0, 0.1) is 11.1 Å². The van der Waals surface area contributed by atoms with Gasteiger partial charge in [0.25, 0.3) is 0 Å². The summed E-state index contributed by atoms with van der Waals surface area (Å²) >= 11 is 13.9. The average Bonchev–Trinajstić information content (AvgIpc) is 3.65. The quantitative estimate of drug-likeness (QED) is 0.118. The molecule has 2 N–H and O–H groups in total. The summed E-state index contributed by atoms with van der Waals surface area (Å²) in [4.78, 5) is 13.6. The number of thioether (sulfide) groups is 1. The van der Waals surface area contributed by atoms with Crippen LogP contribution in [0.1, 0.15) is 30.1 Å². The van der Waals surface area contributed by atoms with Crippen LogP contribution in [-0.4, -0.2) is 49.6 Å². The molecule has 2 fully saturated rings. The maximum atomic E-state index is 13.7. The van der Waals surface area contributed by atoms with Crippen molar-refractivity contribution in [2.24, 2.45) is 5.92 Å². The summed E-state index contributed by atoms with van der Waals surface area (Å²) < 4.78 is 71.0. The summed E-state index contributed by atoms with van der Waals surface area (Å²) in [6.45, 7) is -2.82. The van der Waals surface area contributed by atoms with Crippen molar-refractivity contribution in [2.45, 2.75) is 42.9 Å². The Morgan fingerprint density at radius 1 is 1.11 bits per heavy atom. The molecular formula is C28H27Cl2F2N3O7S2. The Morgan fingerprint density at radius 2 is 1.80 bits per heavy atom. The molecule has 0 radical (unpaired) electrons. The number of alkyl halides is 2. The molecule has 1 saturated carbocycles. The van der Waals surface area contributed by atoms with Gasteiger partial charge in [-0.25, -0.2) is 8.42 Å². The van der Waals surface area contributed by atoms with Crippen molar-refractivity contribution in [1.29, 1.82) is 0 Å². The number of nitrogens with zero attached hydrogens (tertiary/aromatic N) is 2. The third-order valence-electron chi connectivity index (χ3n) is 7.03. The van der Waals surface area contributed by atoms with E-state index >= 15 is 0 Å². The summed E-state index contributed by atoms with van der Waals surface area (Å²) in [6.07, 6.45) is 2.79. The molecule has 44 heavy (non-hydrogen) atoms. The fraction of sp³-hybridized carbons (Fsp3) is 0.357. The molecule has 3 aromatic rings. The zero-order chi connectivity index (χ0) is 31.6. The predicted octanol–water partition coefficient (Wildman–Crippen LogP) is 5.19. The summed E-state index contributed by atoms with van der Waals surface area (Å²) in [7, 11) is -4.09. The minimum absolute atomic E-state index is 0.000358. The third-order valence-corrected chi connectivity index (χ3v) is 10.7. The number of halogens is 4. The molecule has 0 spiro atoms. The Morgan fingerprint density at radius 3 is 2.43 bits per heavy atom. The van der Waals surface area contributed by atoms with Gasteiger partial charge in [0.1, 0.15) is 22.2 Å². The van der Waals surface area contributed by atoms with E-state index in [0.717, 1.165) is 29.5 Å². The molecule has 1 saturated heterocycles. The Hall–Kier alpha value is -3.04. The number of esters is 1. The molecule has 5 rings (SSSR count). The first kappa shape index (κ1) is 32.4. The maximum absolute atomic E-state index is 13.7. The summed E-state index contributed by atoms with van der Waals surface area (Å²) in [5, 5.41) is 11.8. The van der Waals surface area contributed by atoms with E-state index in [1.165, 1.54) is 54.2 Å². The number of nitrogens with two attached hydrogens (primary N) is 1. The number of sulfonamides is 1. The van der Waals surface area contributed by atoms with Gasteiger partial charge in [0.2, 0.25) is 10.0 Å². The fourth-order valence-electron chi connectivity index (χ4n) is 4.51. The van der Waals surface area contributed by atoms with Crippen molar-refractivity contribution in [1.82, 2.24) is 4.31 Å². The lowest BCUT2D eigenvalue weighted by atomic mass is 10.0. The first-order chi connectivity index (χ1) is 20.9. The number of rotatable bonds is 12. The molecular weight excluding hydrogens is 663 g/mol. The molecule has 2 atom stereocenters. The van der Waals surface area contributed by atoms with Gasteiger partial charge < -0.3 is 25.2 Å². The van der Waals surface area contributed by atoms with Gasteiger partial charge in [0.15, 0.2) is 23.9 Å². The van der Waals surface area contributed by atoms with Gasteiger partial charge in [-0.3, -0.25) is 4.79 Å². The summed E-state index contributed by atoms with van der Waals surface area (Å²) in [5.41, 5.74) is 6.68. The highest BCUT2D eigenvalue weighted by Gasteiger charge is 2.42. The van der Waals surface area contributed by atoms with Crippen LogP contribution in [0.3, 0.4) is 0 Å². The monoisotopic (exact) mass is 689 g/mol. The van der Waals surface area contributed by atoms with E-state index in [2.05, 4.69) is 4.74 Å². The van der Waals surface area contributed by atoms with E-state index in [4.69, 9.17) is 38.4 Å². The van der Waals surface area contributed by atoms with Crippen LogP contribution in [0.2, 0.25) is 10.0 Å². The van der Waals surface area contributed by atoms with Crippen LogP contribution in [0.4, 0.5) is 14.5 Å². The largest absolute Gasteiger partial charge is 0.619 e. The number of carbonyl (C=O) groups excluding carboxylic acids is 1. The molecule has 1 aliphatic heterocycles. The number of ether oxygens (including phenoxy) is 3. The van der Waals surface area contributed by atoms with Gasteiger partial charge in [0.05, 0.1) is 17.4 Å². The fourth-order valence-corrected chi connectivity index (χ4v) is 8.23. The van der Waals surface area contributed by atoms with Gasteiger partial charge in [-0.15, -0.1) is 11.8 Å². The Balaban J connectivity index is 1.47. The third kappa shape index (κ3) is 7.60. The predicted molar refractivity (Wildman–Crippen MR) is 160 cm³/mol. The molecule has 2 heterocycles. The second kappa shape index (κ2) is 13.5. The minimum Gasteiger partial charge on any atom is -0.619 e.